The molecule has 1 atom stereocenters. The highest BCUT2D eigenvalue weighted by Crippen LogP contribution is 2.28. The number of hydrogen-bond donors (Lipinski definition) is 0. The molecule has 2 aromatic carbocycles. The summed E-state index contributed by atoms with van der Waals surface area (Å²) in [6, 6.07) is 13.1. The van der Waals surface area contributed by atoms with E-state index in [2.05, 4.69) is 15.2 Å². The van der Waals surface area contributed by atoms with Gasteiger partial charge in [0.05, 0.1) is 29.9 Å². The standard InChI is InChI=1S/C21H19FN3O4Si/c22-16-3-1-15(2-4-16)11-23-13-21(30)14-25(20(27)29-21)18-7-5-17(6-8-18)24-9-10-28-12-19(24)26/h1-8,11H,9-10,12-14H2/t21-/m1/s1. The van der Waals surface area contributed by atoms with Crippen molar-refractivity contribution in [3.63, 3.8) is 0 Å². The van der Waals surface area contributed by atoms with E-state index in [9.17, 15) is 14.0 Å². The average Bonchev–Trinajstić information content (AvgIpc) is 3.04. The quantitative estimate of drug-likeness (QED) is 0.545. The number of hydrogen-bond acceptors (Lipinski definition) is 5. The van der Waals surface area contributed by atoms with Crippen molar-refractivity contribution in [3.05, 3.63) is 59.9 Å². The minimum atomic E-state index is -0.966. The minimum Gasteiger partial charge on any atom is -0.444 e. The first-order valence-corrected chi connectivity index (χ1v) is 9.93. The normalized spacial score (nSPS) is 22.1. The van der Waals surface area contributed by atoms with Gasteiger partial charge in [-0.3, -0.25) is 14.7 Å². The van der Waals surface area contributed by atoms with E-state index in [0.717, 1.165) is 11.3 Å². The first-order chi connectivity index (χ1) is 14.4. The number of morpholine rings is 1. The molecule has 0 aromatic heterocycles. The highest BCUT2D eigenvalue weighted by molar-refractivity contribution is 6.18. The third kappa shape index (κ3) is 4.42. The van der Waals surface area contributed by atoms with Crippen molar-refractivity contribution in [2.45, 2.75) is 5.22 Å². The number of nitrogens with zero attached hydrogens (tertiary/aromatic N) is 3. The van der Waals surface area contributed by atoms with Gasteiger partial charge in [-0.2, -0.15) is 0 Å². The van der Waals surface area contributed by atoms with Gasteiger partial charge in [-0.1, -0.05) is 12.1 Å². The third-order valence-electron chi connectivity index (χ3n) is 4.83. The van der Waals surface area contributed by atoms with Crippen LogP contribution in [0, 0.1) is 5.82 Å². The zero-order chi connectivity index (χ0) is 21.1. The summed E-state index contributed by atoms with van der Waals surface area (Å²) in [5, 5.41) is -0.966. The predicted octanol–water partition coefficient (Wildman–Crippen LogP) is 2.13. The molecule has 0 N–H and O–H groups in total. The van der Waals surface area contributed by atoms with Gasteiger partial charge in [-0.15, -0.1) is 0 Å². The molecule has 2 amide bonds. The van der Waals surface area contributed by atoms with Gasteiger partial charge in [0.1, 0.15) is 17.6 Å². The molecule has 2 saturated heterocycles. The lowest BCUT2D eigenvalue weighted by molar-refractivity contribution is -0.125. The van der Waals surface area contributed by atoms with Crippen LogP contribution in [0.15, 0.2) is 53.5 Å². The van der Waals surface area contributed by atoms with Crippen LogP contribution in [0.5, 0.6) is 0 Å². The van der Waals surface area contributed by atoms with Gasteiger partial charge in [-0.05, 0) is 42.0 Å². The van der Waals surface area contributed by atoms with Crippen molar-refractivity contribution < 1.29 is 23.5 Å². The fraction of sp³-hybridized carbons (Fsp3) is 0.286. The number of carbonyl (C=O) groups is 2. The summed E-state index contributed by atoms with van der Waals surface area (Å²) in [5.41, 5.74) is 2.17. The topological polar surface area (TPSA) is 71.4 Å². The minimum absolute atomic E-state index is 0.0739. The largest absolute Gasteiger partial charge is 0.444 e. The van der Waals surface area contributed by atoms with Gasteiger partial charge in [0.25, 0.3) is 5.91 Å². The molecule has 2 aromatic rings. The molecule has 0 bridgehead atoms. The molecule has 3 radical (unpaired) electrons. The Morgan fingerprint density at radius 3 is 2.40 bits per heavy atom. The van der Waals surface area contributed by atoms with Crippen molar-refractivity contribution in [2.24, 2.45) is 4.99 Å². The fourth-order valence-electron chi connectivity index (χ4n) is 3.30. The number of rotatable bonds is 5. The predicted molar refractivity (Wildman–Crippen MR) is 111 cm³/mol. The average molecular weight is 424 g/mol. The first-order valence-electron chi connectivity index (χ1n) is 9.43. The number of halogens is 1. The van der Waals surface area contributed by atoms with E-state index in [1.54, 1.807) is 47.5 Å². The van der Waals surface area contributed by atoms with E-state index in [0.29, 0.717) is 18.8 Å². The molecule has 153 valence electrons. The Labute approximate surface area is 176 Å². The summed E-state index contributed by atoms with van der Waals surface area (Å²) in [5.74, 6) is -0.402. The Morgan fingerprint density at radius 1 is 1.07 bits per heavy atom. The molecule has 2 aliphatic rings. The lowest BCUT2D eigenvalue weighted by atomic mass is 10.2. The Bertz CT molecular complexity index is 967. The molecule has 0 spiro atoms. The third-order valence-corrected chi connectivity index (χ3v) is 5.25. The Hall–Kier alpha value is -3.04. The van der Waals surface area contributed by atoms with Crippen LogP contribution in [0.3, 0.4) is 0 Å². The second kappa shape index (κ2) is 8.37. The maximum absolute atomic E-state index is 13.0. The van der Waals surface area contributed by atoms with E-state index < -0.39 is 11.3 Å². The number of benzene rings is 2. The Balaban J connectivity index is 1.41. The van der Waals surface area contributed by atoms with E-state index in [4.69, 9.17) is 9.47 Å². The number of cyclic esters (lactones) is 1. The lowest BCUT2D eigenvalue weighted by Gasteiger charge is -2.27. The second-order valence-electron chi connectivity index (χ2n) is 7.08. The van der Waals surface area contributed by atoms with Crippen LogP contribution in [0.4, 0.5) is 20.6 Å². The van der Waals surface area contributed by atoms with Crippen LogP contribution in [0.2, 0.25) is 0 Å². The molecule has 0 unspecified atom stereocenters. The Morgan fingerprint density at radius 2 is 1.73 bits per heavy atom. The molecule has 7 nitrogen and oxygen atoms in total. The van der Waals surface area contributed by atoms with Crippen molar-refractivity contribution in [1.82, 2.24) is 0 Å². The summed E-state index contributed by atoms with van der Waals surface area (Å²) in [6.45, 7) is 1.53. The van der Waals surface area contributed by atoms with Crippen molar-refractivity contribution in [2.75, 3.05) is 42.6 Å². The molecule has 30 heavy (non-hydrogen) atoms. The molecule has 2 aliphatic heterocycles. The Kier molecular flexibility index (Phi) is 5.64. The molecule has 2 heterocycles. The van der Waals surface area contributed by atoms with Crippen molar-refractivity contribution in [3.8, 4) is 0 Å². The highest BCUT2D eigenvalue weighted by atomic mass is 28.1. The van der Waals surface area contributed by atoms with E-state index in [1.165, 1.54) is 17.0 Å². The van der Waals surface area contributed by atoms with Crippen molar-refractivity contribution >= 4 is 39.8 Å². The number of aliphatic imine (C=N–C) groups is 1. The van der Waals surface area contributed by atoms with Gasteiger partial charge in [0, 0.05) is 24.1 Å². The van der Waals surface area contributed by atoms with Crippen LogP contribution in [-0.4, -0.2) is 66.5 Å². The zero-order valence-corrected chi connectivity index (χ0v) is 17.1. The number of anilines is 2. The van der Waals surface area contributed by atoms with Gasteiger partial charge < -0.3 is 14.4 Å². The first kappa shape index (κ1) is 20.2. The van der Waals surface area contributed by atoms with Crippen LogP contribution in [0.1, 0.15) is 5.56 Å². The van der Waals surface area contributed by atoms with E-state index >= 15 is 0 Å². The molecule has 2 fully saturated rings. The summed E-state index contributed by atoms with van der Waals surface area (Å²) >= 11 is 0. The summed E-state index contributed by atoms with van der Waals surface area (Å²) in [4.78, 5) is 31.8. The van der Waals surface area contributed by atoms with Crippen molar-refractivity contribution in [1.29, 1.82) is 0 Å². The number of amides is 2. The lowest BCUT2D eigenvalue weighted by Crippen LogP contribution is -2.41. The summed E-state index contributed by atoms with van der Waals surface area (Å²) in [6.07, 6.45) is 1.11. The highest BCUT2D eigenvalue weighted by Gasteiger charge is 2.41. The van der Waals surface area contributed by atoms with Crippen LogP contribution in [-0.2, 0) is 14.3 Å². The van der Waals surface area contributed by atoms with Gasteiger partial charge >= 0.3 is 6.09 Å². The SMILES string of the molecule is O=C1COCCN1c1ccc(N2C[C@]([Si])(CN=Cc3ccc(F)cc3)OC2=O)cc1. The monoisotopic (exact) mass is 424 g/mol. The van der Waals surface area contributed by atoms with Crippen LogP contribution in [0.25, 0.3) is 0 Å². The second-order valence-corrected chi connectivity index (χ2v) is 8.00. The van der Waals surface area contributed by atoms with Gasteiger partial charge in [0.2, 0.25) is 0 Å². The number of ether oxygens (including phenoxy) is 2. The smallest absolute Gasteiger partial charge is 0.414 e. The number of carbonyl (C=O) groups excluding carboxylic acids is 2. The van der Waals surface area contributed by atoms with E-state index in [1.807, 2.05) is 0 Å². The molecule has 9 heteroatoms. The molecular weight excluding hydrogens is 405 g/mol. The van der Waals surface area contributed by atoms with Crippen LogP contribution >= 0.6 is 0 Å². The molecule has 0 aliphatic carbocycles. The maximum Gasteiger partial charge on any atom is 0.414 e. The van der Waals surface area contributed by atoms with Crippen LogP contribution < -0.4 is 9.80 Å². The molecule has 4 rings (SSSR count). The summed E-state index contributed by atoms with van der Waals surface area (Å²) in [7, 11) is 3.53. The zero-order valence-electron chi connectivity index (χ0n) is 16.1. The summed E-state index contributed by atoms with van der Waals surface area (Å²) < 4.78 is 23.6. The van der Waals surface area contributed by atoms with Gasteiger partial charge in [0.15, 0.2) is 0 Å². The molecular formula is C21H19FN3O4Si. The fourth-order valence-corrected chi connectivity index (χ4v) is 3.64. The maximum atomic E-state index is 13.0. The molecule has 0 saturated carbocycles. The van der Waals surface area contributed by atoms with Gasteiger partial charge in [-0.25, -0.2) is 9.18 Å². The van der Waals surface area contributed by atoms with E-state index in [-0.39, 0.29) is 31.4 Å².